The number of nitrogens with zero attached hydrogens (tertiary/aromatic N) is 1. The standard InChI is InChI=1S/C23H25N3O3S/c27-20(12-13-26-22(28)18-10-4-5-11-19(18)25-23(26)30)24-15-17-9-6-14-29-21(17)16-7-2-1-3-8-16/h1-5,7-8,10-11,17,21H,6,9,12-15H2,(H,24,27)(H,25,30). The predicted molar refractivity (Wildman–Crippen MR) is 119 cm³/mol. The first kappa shape index (κ1) is 20.5. The lowest BCUT2D eigenvalue weighted by Gasteiger charge is -2.32. The Morgan fingerprint density at radius 2 is 1.93 bits per heavy atom. The van der Waals surface area contributed by atoms with Crippen LogP contribution in [-0.2, 0) is 16.1 Å². The minimum Gasteiger partial charge on any atom is -0.373 e. The molecule has 2 aromatic carbocycles. The van der Waals surface area contributed by atoms with E-state index < -0.39 is 0 Å². The third-order valence-corrected chi connectivity index (χ3v) is 5.91. The number of aromatic nitrogens is 2. The Morgan fingerprint density at radius 3 is 2.77 bits per heavy atom. The van der Waals surface area contributed by atoms with E-state index in [1.807, 2.05) is 36.4 Å². The van der Waals surface area contributed by atoms with Crippen LogP contribution in [0.25, 0.3) is 10.9 Å². The Hall–Kier alpha value is -2.77. The maximum absolute atomic E-state index is 12.7. The molecule has 1 amide bonds. The first-order valence-electron chi connectivity index (χ1n) is 10.3. The molecule has 0 saturated carbocycles. The van der Waals surface area contributed by atoms with E-state index in [-0.39, 0.29) is 36.5 Å². The van der Waals surface area contributed by atoms with Gasteiger partial charge in [0, 0.05) is 32.0 Å². The molecule has 2 atom stereocenters. The van der Waals surface area contributed by atoms with Crippen LogP contribution in [0.2, 0.25) is 0 Å². The molecule has 0 aliphatic carbocycles. The number of benzene rings is 2. The molecule has 7 heteroatoms. The van der Waals surface area contributed by atoms with Gasteiger partial charge in [-0.15, -0.1) is 0 Å². The highest BCUT2D eigenvalue weighted by molar-refractivity contribution is 7.71. The second kappa shape index (κ2) is 9.36. The van der Waals surface area contributed by atoms with E-state index in [1.54, 1.807) is 6.07 Å². The Balaban J connectivity index is 1.38. The monoisotopic (exact) mass is 423 g/mol. The average molecular weight is 424 g/mol. The summed E-state index contributed by atoms with van der Waals surface area (Å²) in [6.07, 6.45) is 2.19. The minimum absolute atomic E-state index is 0.00259. The molecule has 3 aromatic rings. The third kappa shape index (κ3) is 4.52. The molecule has 0 spiro atoms. The smallest absolute Gasteiger partial charge is 0.262 e. The van der Waals surface area contributed by atoms with Crippen LogP contribution < -0.4 is 10.9 Å². The lowest BCUT2D eigenvalue weighted by atomic mass is 9.89. The van der Waals surface area contributed by atoms with Gasteiger partial charge in [0.15, 0.2) is 4.77 Å². The first-order chi connectivity index (χ1) is 14.6. The summed E-state index contributed by atoms with van der Waals surface area (Å²) in [5.74, 6) is 0.137. The number of hydrogen-bond acceptors (Lipinski definition) is 4. The van der Waals surface area contributed by atoms with Crippen LogP contribution in [0.4, 0.5) is 0 Å². The summed E-state index contributed by atoms with van der Waals surface area (Å²) in [4.78, 5) is 28.2. The second-order valence-corrected chi connectivity index (χ2v) is 7.98. The third-order valence-electron chi connectivity index (χ3n) is 5.59. The van der Waals surface area contributed by atoms with Crippen LogP contribution in [0.1, 0.15) is 30.9 Å². The SMILES string of the molecule is O=C(CCn1c(=S)[nH]c2ccccc2c1=O)NCC1CCCOC1c1ccccc1. The fourth-order valence-electron chi connectivity index (χ4n) is 4.01. The van der Waals surface area contributed by atoms with Gasteiger partial charge < -0.3 is 15.0 Å². The van der Waals surface area contributed by atoms with E-state index in [9.17, 15) is 9.59 Å². The Bertz CT molecular complexity index is 1140. The Labute approximate surface area is 179 Å². The lowest BCUT2D eigenvalue weighted by molar-refractivity contribution is -0.122. The molecule has 2 N–H and O–H groups in total. The molecule has 2 unspecified atom stereocenters. The summed E-state index contributed by atoms with van der Waals surface area (Å²) in [6, 6.07) is 17.4. The van der Waals surface area contributed by atoms with Crippen LogP contribution in [-0.4, -0.2) is 28.6 Å². The first-order valence-corrected chi connectivity index (χ1v) is 10.7. The van der Waals surface area contributed by atoms with Crippen molar-refractivity contribution in [1.82, 2.24) is 14.9 Å². The number of para-hydroxylation sites is 1. The zero-order valence-corrected chi connectivity index (χ0v) is 17.5. The van der Waals surface area contributed by atoms with Crippen LogP contribution in [0.5, 0.6) is 0 Å². The number of aromatic amines is 1. The number of H-pyrrole nitrogens is 1. The highest BCUT2D eigenvalue weighted by Crippen LogP contribution is 2.33. The molecule has 1 aliphatic rings. The summed E-state index contributed by atoms with van der Waals surface area (Å²) >= 11 is 5.31. The second-order valence-electron chi connectivity index (χ2n) is 7.59. The van der Waals surface area contributed by atoms with Crippen molar-refractivity contribution in [1.29, 1.82) is 0 Å². The highest BCUT2D eigenvalue weighted by Gasteiger charge is 2.27. The van der Waals surface area contributed by atoms with Crippen LogP contribution in [0.3, 0.4) is 0 Å². The van der Waals surface area contributed by atoms with Crippen molar-refractivity contribution < 1.29 is 9.53 Å². The van der Waals surface area contributed by atoms with E-state index in [0.29, 0.717) is 22.2 Å². The van der Waals surface area contributed by atoms with Crippen molar-refractivity contribution in [3.8, 4) is 0 Å². The largest absolute Gasteiger partial charge is 0.373 e. The van der Waals surface area contributed by atoms with Crippen molar-refractivity contribution in [2.45, 2.75) is 31.9 Å². The number of amides is 1. The molecule has 1 saturated heterocycles. The van der Waals surface area contributed by atoms with Crippen LogP contribution in [0.15, 0.2) is 59.4 Å². The number of fused-ring (bicyclic) bond motifs is 1. The van der Waals surface area contributed by atoms with E-state index in [4.69, 9.17) is 17.0 Å². The van der Waals surface area contributed by atoms with Gasteiger partial charge in [-0.05, 0) is 42.8 Å². The molecule has 1 aromatic heterocycles. The van der Waals surface area contributed by atoms with Gasteiger partial charge in [-0.1, -0.05) is 42.5 Å². The van der Waals surface area contributed by atoms with Gasteiger partial charge in [0.05, 0.1) is 17.0 Å². The van der Waals surface area contributed by atoms with Gasteiger partial charge in [0.25, 0.3) is 5.56 Å². The van der Waals surface area contributed by atoms with Gasteiger partial charge in [-0.2, -0.15) is 0 Å². The summed E-state index contributed by atoms with van der Waals surface area (Å²) in [7, 11) is 0. The molecule has 1 fully saturated rings. The molecule has 4 rings (SSSR count). The van der Waals surface area contributed by atoms with Crippen molar-refractivity contribution in [3.05, 3.63) is 75.3 Å². The van der Waals surface area contributed by atoms with Crippen LogP contribution >= 0.6 is 12.2 Å². The molecule has 2 heterocycles. The van der Waals surface area contributed by atoms with Crippen molar-refractivity contribution in [2.75, 3.05) is 13.2 Å². The summed E-state index contributed by atoms with van der Waals surface area (Å²) in [5, 5.41) is 3.59. The zero-order valence-electron chi connectivity index (χ0n) is 16.7. The van der Waals surface area contributed by atoms with Crippen molar-refractivity contribution in [3.63, 3.8) is 0 Å². The number of hydrogen-bond donors (Lipinski definition) is 2. The van der Waals surface area contributed by atoms with Gasteiger partial charge in [0.1, 0.15) is 0 Å². The summed E-state index contributed by atoms with van der Waals surface area (Å²) in [5.41, 5.74) is 1.68. The molecule has 156 valence electrons. The lowest BCUT2D eigenvalue weighted by Crippen LogP contribution is -2.36. The topological polar surface area (TPSA) is 76.1 Å². The van der Waals surface area contributed by atoms with Crippen molar-refractivity contribution >= 4 is 29.0 Å². The maximum Gasteiger partial charge on any atom is 0.262 e. The van der Waals surface area contributed by atoms with E-state index >= 15 is 0 Å². The predicted octanol–water partition coefficient (Wildman–Crippen LogP) is 3.73. The molecule has 30 heavy (non-hydrogen) atoms. The molecule has 6 nitrogen and oxygen atoms in total. The van der Waals surface area contributed by atoms with Gasteiger partial charge in [-0.3, -0.25) is 14.2 Å². The molecular formula is C23H25N3O3S. The minimum atomic E-state index is -0.174. The molecule has 0 bridgehead atoms. The number of ether oxygens (including phenoxy) is 1. The van der Waals surface area contributed by atoms with E-state index in [0.717, 1.165) is 25.0 Å². The van der Waals surface area contributed by atoms with Gasteiger partial charge in [-0.25, -0.2) is 0 Å². The van der Waals surface area contributed by atoms with Crippen LogP contribution in [0, 0.1) is 10.7 Å². The fourth-order valence-corrected chi connectivity index (χ4v) is 4.30. The number of rotatable bonds is 6. The Morgan fingerprint density at radius 1 is 1.17 bits per heavy atom. The van der Waals surface area contributed by atoms with Crippen molar-refractivity contribution in [2.24, 2.45) is 5.92 Å². The number of carbonyl (C=O) groups is 1. The quantitative estimate of drug-likeness (QED) is 0.593. The van der Waals surface area contributed by atoms with E-state index in [1.165, 1.54) is 4.57 Å². The zero-order chi connectivity index (χ0) is 20.9. The van der Waals surface area contributed by atoms with Gasteiger partial charge >= 0.3 is 0 Å². The number of carbonyl (C=O) groups excluding carboxylic acids is 1. The summed E-state index contributed by atoms with van der Waals surface area (Å²) in [6.45, 7) is 1.54. The normalized spacial score (nSPS) is 18.9. The fraction of sp³-hybridized carbons (Fsp3) is 0.348. The molecular weight excluding hydrogens is 398 g/mol. The van der Waals surface area contributed by atoms with E-state index in [2.05, 4.69) is 22.4 Å². The maximum atomic E-state index is 12.7. The average Bonchev–Trinajstić information content (AvgIpc) is 2.78. The Kier molecular flexibility index (Phi) is 6.40. The molecule has 0 radical (unpaired) electrons. The summed E-state index contributed by atoms with van der Waals surface area (Å²) < 4.78 is 7.78. The highest BCUT2D eigenvalue weighted by atomic mass is 32.1. The van der Waals surface area contributed by atoms with Gasteiger partial charge in [0.2, 0.25) is 5.91 Å². The molecule has 1 aliphatic heterocycles. The number of nitrogens with one attached hydrogen (secondary N) is 2.